The van der Waals surface area contributed by atoms with Gasteiger partial charge in [-0.25, -0.2) is 24.4 Å². The lowest BCUT2D eigenvalue weighted by molar-refractivity contribution is 0.502. The first-order valence-corrected chi connectivity index (χ1v) is 10.9. The van der Waals surface area contributed by atoms with Crippen LogP contribution in [-0.2, 0) is 23.1 Å². The van der Waals surface area contributed by atoms with Crippen molar-refractivity contribution in [1.82, 2.24) is 42.2 Å². The van der Waals surface area contributed by atoms with Crippen molar-refractivity contribution in [2.24, 2.45) is 5.14 Å². The highest BCUT2D eigenvalue weighted by Gasteiger charge is 2.26. The molecule has 158 valence electrons. The zero-order valence-electron chi connectivity index (χ0n) is 16.0. The number of rotatable bonds is 8. The molecule has 12 heteroatoms. The summed E-state index contributed by atoms with van der Waals surface area (Å²) < 4.78 is 24.3. The molecule has 1 aromatic heterocycles. The minimum absolute atomic E-state index is 0.0634. The molecule has 1 fully saturated rings. The highest BCUT2D eigenvalue weighted by Crippen LogP contribution is 2.32. The molecule has 0 atom stereocenters. The normalized spacial score (nSPS) is 15.0. The Labute approximate surface area is 174 Å². The van der Waals surface area contributed by atoms with E-state index in [0.717, 1.165) is 23.2 Å². The maximum atomic E-state index is 12.1. The average molecular weight is 430 g/mol. The molecule has 30 heavy (non-hydrogen) atoms. The van der Waals surface area contributed by atoms with Crippen molar-refractivity contribution in [3.8, 4) is 11.1 Å². The molecule has 11 nitrogen and oxygen atoms in total. The molecule has 0 unspecified atom stereocenters. The van der Waals surface area contributed by atoms with Gasteiger partial charge in [-0.1, -0.05) is 36.4 Å². The van der Waals surface area contributed by atoms with E-state index < -0.39 is 16.2 Å². The summed E-state index contributed by atoms with van der Waals surface area (Å²) >= 11 is 0. The lowest BCUT2D eigenvalue weighted by atomic mass is 9.97. The lowest BCUT2D eigenvalue weighted by Gasteiger charge is -2.19. The molecular formula is C18H23N9O2S. The van der Waals surface area contributed by atoms with Crippen LogP contribution in [0.5, 0.6) is 0 Å². The van der Waals surface area contributed by atoms with Gasteiger partial charge in [0, 0.05) is 18.7 Å². The largest absolute Gasteiger partial charge is 0.311 e. The molecule has 1 aliphatic rings. The molecule has 3 aromatic rings. The molecule has 7 N–H and O–H groups in total. The van der Waals surface area contributed by atoms with Crippen molar-refractivity contribution >= 4 is 10.0 Å². The van der Waals surface area contributed by atoms with Gasteiger partial charge in [0.15, 0.2) is 0 Å². The first kappa shape index (κ1) is 20.6. The molecule has 1 aliphatic heterocycles. The van der Waals surface area contributed by atoms with Gasteiger partial charge in [0.25, 0.3) is 0 Å². The predicted molar refractivity (Wildman–Crippen MR) is 110 cm³/mol. The number of benzene rings is 2. The van der Waals surface area contributed by atoms with Crippen LogP contribution in [0.4, 0.5) is 0 Å². The molecule has 2 heterocycles. The fraction of sp³-hybridized carbons (Fsp3) is 0.222. The Morgan fingerprint density at radius 3 is 2.40 bits per heavy atom. The van der Waals surface area contributed by atoms with Crippen LogP contribution in [0.2, 0.25) is 0 Å². The summed E-state index contributed by atoms with van der Waals surface area (Å²) in [6, 6.07) is 13.0. The minimum atomic E-state index is -3.90. The van der Waals surface area contributed by atoms with Crippen molar-refractivity contribution in [2.75, 3.05) is 6.54 Å². The number of nitrogens with zero attached hydrogens (tertiary/aromatic N) is 3. The van der Waals surface area contributed by atoms with Gasteiger partial charge in [0.2, 0.25) is 10.0 Å². The SMILES string of the molecule is NS(=O)(=O)c1cccc(-c2ccc(CNCCn3nccn3)cc2)c1C1NNNN1. The molecule has 0 amide bonds. The van der Waals surface area contributed by atoms with E-state index in [1.807, 2.05) is 30.3 Å². The van der Waals surface area contributed by atoms with Crippen LogP contribution in [0, 0.1) is 0 Å². The van der Waals surface area contributed by atoms with Crippen molar-refractivity contribution in [2.45, 2.75) is 24.2 Å². The van der Waals surface area contributed by atoms with E-state index in [1.54, 1.807) is 23.3 Å². The second-order valence-corrected chi connectivity index (χ2v) is 8.26. The van der Waals surface area contributed by atoms with Gasteiger partial charge < -0.3 is 5.32 Å². The molecule has 1 saturated heterocycles. The Bertz CT molecular complexity index is 1080. The lowest BCUT2D eigenvalue weighted by Crippen LogP contribution is -2.33. The minimum Gasteiger partial charge on any atom is -0.311 e. The first-order valence-electron chi connectivity index (χ1n) is 9.33. The monoisotopic (exact) mass is 429 g/mol. The highest BCUT2D eigenvalue weighted by molar-refractivity contribution is 7.89. The number of primary sulfonamides is 1. The second kappa shape index (κ2) is 8.97. The Balaban J connectivity index is 1.52. The van der Waals surface area contributed by atoms with Gasteiger partial charge in [-0.3, -0.25) is 0 Å². The molecule has 0 radical (unpaired) electrons. The first-order chi connectivity index (χ1) is 14.5. The predicted octanol–water partition coefficient (Wildman–Crippen LogP) is -0.502. The van der Waals surface area contributed by atoms with Gasteiger partial charge >= 0.3 is 0 Å². The number of nitrogens with two attached hydrogens (primary N) is 1. The Hall–Kier alpha value is -2.71. The number of aromatic nitrogens is 3. The molecule has 0 bridgehead atoms. The number of hydrogen-bond acceptors (Lipinski definition) is 9. The van der Waals surface area contributed by atoms with E-state index in [1.165, 1.54) is 6.07 Å². The molecule has 0 saturated carbocycles. The van der Waals surface area contributed by atoms with E-state index in [9.17, 15) is 8.42 Å². The Morgan fingerprint density at radius 2 is 1.73 bits per heavy atom. The standard InChI is InChI=1S/C18H23N9O2S/c19-30(28,29)16-3-1-2-15(17(16)18-23-25-26-24-18)14-6-4-13(5-7-14)12-20-10-11-27-21-8-9-22-27/h1-9,18,20,23-26H,10-12H2,(H2,19,28,29). The summed E-state index contributed by atoms with van der Waals surface area (Å²) in [5.74, 6) is 0. The topological polar surface area (TPSA) is 151 Å². The number of sulfonamides is 1. The number of hydrazine groups is 3. The third-order valence-corrected chi connectivity index (χ3v) is 5.68. The van der Waals surface area contributed by atoms with Gasteiger partial charge in [0.1, 0.15) is 6.17 Å². The Kier molecular flexibility index (Phi) is 6.15. The maximum absolute atomic E-state index is 12.1. The Morgan fingerprint density at radius 1 is 1.03 bits per heavy atom. The van der Waals surface area contributed by atoms with E-state index in [-0.39, 0.29) is 4.90 Å². The third kappa shape index (κ3) is 4.71. The van der Waals surface area contributed by atoms with Gasteiger partial charge in [-0.05, 0) is 22.8 Å². The van der Waals surface area contributed by atoms with E-state index in [0.29, 0.717) is 18.7 Å². The van der Waals surface area contributed by atoms with E-state index in [4.69, 9.17) is 5.14 Å². The number of nitrogens with one attached hydrogen (secondary N) is 5. The third-order valence-electron chi connectivity index (χ3n) is 4.71. The number of hydrogen-bond donors (Lipinski definition) is 6. The van der Waals surface area contributed by atoms with Gasteiger partial charge in [-0.15, -0.1) is 0 Å². The summed E-state index contributed by atoms with van der Waals surface area (Å²) in [5.41, 5.74) is 14.6. The van der Waals surface area contributed by atoms with Crippen LogP contribution < -0.4 is 32.4 Å². The molecular weight excluding hydrogens is 406 g/mol. The zero-order chi connectivity index (χ0) is 21.0. The van der Waals surface area contributed by atoms with Crippen LogP contribution in [-0.4, -0.2) is 30.0 Å². The molecule has 4 rings (SSSR count). The van der Waals surface area contributed by atoms with Crippen LogP contribution >= 0.6 is 0 Å². The van der Waals surface area contributed by atoms with Crippen LogP contribution in [0.3, 0.4) is 0 Å². The van der Waals surface area contributed by atoms with Crippen molar-refractivity contribution in [3.63, 3.8) is 0 Å². The van der Waals surface area contributed by atoms with Gasteiger partial charge in [0.05, 0.1) is 23.8 Å². The summed E-state index contributed by atoms with van der Waals surface area (Å²) in [6.45, 7) is 2.14. The van der Waals surface area contributed by atoms with Crippen LogP contribution in [0.15, 0.2) is 59.8 Å². The molecule has 0 spiro atoms. The zero-order valence-corrected chi connectivity index (χ0v) is 16.9. The van der Waals surface area contributed by atoms with Crippen LogP contribution in [0.25, 0.3) is 11.1 Å². The maximum Gasteiger partial charge on any atom is 0.238 e. The fourth-order valence-electron chi connectivity index (χ4n) is 3.31. The fourth-order valence-corrected chi connectivity index (χ4v) is 4.11. The quantitative estimate of drug-likeness (QED) is 0.260. The smallest absolute Gasteiger partial charge is 0.238 e. The summed E-state index contributed by atoms with van der Waals surface area (Å²) in [4.78, 5) is 1.69. The van der Waals surface area contributed by atoms with Crippen molar-refractivity contribution in [3.05, 3.63) is 66.0 Å². The highest BCUT2D eigenvalue weighted by atomic mass is 32.2. The van der Waals surface area contributed by atoms with Gasteiger partial charge in [-0.2, -0.15) is 26.1 Å². The summed E-state index contributed by atoms with van der Waals surface area (Å²) in [6.07, 6.45) is 2.83. The summed E-state index contributed by atoms with van der Waals surface area (Å²) in [7, 11) is -3.90. The van der Waals surface area contributed by atoms with E-state index >= 15 is 0 Å². The van der Waals surface area contributed by atoms with Crippen molar-refractivity contribution < 1.29 is 8.42 Å². The average Bonchev–Trinajstić information content (AvgIpc) is 3.45. The summed E-state index contributed by atoms with van der Waals surface area (Å²) in [5, 5.41) is 16.9. The van der Waals surface area contributed by atoms with Crippen LogP contribution in [0.1, 0.15) is 17.3 Å². The molecule has 0 aliphatic carbocycles. The van der Waals surface area contributed by atoms with E-state index in [2.05, 4.69) is 37.4 Å². The second-order valence-electron chi connectivity index (χ2n) is 6.73. The van der Waals surface area contributed by atoms with Crippen molar-refractivity contribution in [1.29, 1.82) is 0 Å². The molecule has 2 aromatic carbocycles.